The Balaban J connectivity index is 0.000000162. The summed E-state index contributed by atoms with van der Waals surface area (Å²) >= 11 is 0. The zero-order valence-corrected chi connectivity index (χ0v) is 83.8. The van der Waals surface area contributed by atoms with Crippen LogP contribution < -0.4 is 0 Å². The molecule has 0 saturated carbocycles. The minimum absolute atomic E-state index is 0.0410. The summed E-state index contributed by atoms with van der Waals surface area (Å²) < 4.78 is 177. The number of methoxy groups -OCH3 is 5. The van der Waals surface area contributed by atoms with Crippen molar-refractivity contribution >= 4 is 29.8 Å². The molecule has 16 rings (SSSR count). The topological polar surface area (TPSA) is 362 Å². The lowest BCUT2D eigenvalue weighted by atomic mass is 9.85. The van der Waals surface area contributed by atoms with Gasteiger partial charge in [0.15, 0.2) is 36.7 Å². The minimum Gasteiger partial charge on any atom is -0.463 e. The maximum Gasteiger partial charge on any atom is 0.302 e. The van der Waals surface area contributed by atoms with Crippen LogP contribution in [0.2, 0.25) is 0 Å². The summed E-state index contributed by atoms with van der Waals surface area (Å²) in [5, 5.41) is 0. The first kappa shape index (κ1) is 110. The summed E-state index contributed by atoms with van der Waals surface area (Å²) in [6, 6.07) is 58.4. The Morgan fingerprint density at radius 1 is 0.257 bits per heavy atom. The van der Waals surface area contributed by atoms with Gasteiger partial charge >= 0.3 is 29.8 Å². The first-order valence-corrected chi connectivity index (χ1v) is 47.9. The first-order chi connectivity index (χ1) is 67.3. The zero-order valence-electron chi connectivity index (χ0n) is 83.8. The van der Waals surface area contributed by atoms with Crippen molar-refractivity contribution in [2.75, 3.05) is 115 Å². The Morgan fingerprint density at radius 3 is 0.807 bits per heavy atom. The highest BCUT2D eigenvalue weighted by Crippen LogP contribution is 2.53. The van der Waals surface area contributed by atoms with E-state index in [2.05, 4.69) is 55.4 Å². The van der Waals surface area contributed by atoms with Crippen LogP contribution in [0.3, 0.4) is 0 Å². The molecule has 10 fully saturated rings. The highest BCUT2D eigenvalue weighted by Gasteiger charge is 2.64. The number of carbonyl (C=O) groups excluding carboxylic acids is 5. The molecule has 35 nitrogen and oxygen atoms in total. The number of ether oxygens (including phenoxy) is 30. The van der Waals surface area contributed by atoms with Crippen molar-refractivity contribution in [2.45, 2.75) is 274 Å². The second kappa shape index (κ2) is 52.5. The highest BCUT2D eigenvalue weighted by molar-refractivity contribution is 5.67. The average molecular weight is 1960 g/mol. The Bertz CT molecular complexity index is 4600. The molecule has 772 valence electrons. The number of hydrogen-bond acceptors (Lipinski definition) is 35. The summed E-state index contributed by atoms with van der Waals surface area (Å²) in [6.07, 6.45) is -10.6. The molecule has 140 heavy (non-hydrogen) atoms. The maximum absolute atomic E-state index is 12.1. The van der Waals surface area contributed by atoms with Crippen molar-refractivity contribution in [2.24, 2.45) is 23.7 Å². The normalized spacial score (nSPS) is 31.0. The summed E-state index contributed by atoms with van der Waals surface area (Å²) in [5.74, 6) is -5.79. The van der Waals surface area contributed by atoms with Crippen LogP contribution in [-0.2, 0) is 178 Å². The van der Waals surface area contributed by atoms with Crippen molar-refractivity contribution in [3.8, 4) is 0 Å². The van der Waals surface area contributed by atoms with Crippen LogP contribution in [-0.4, -0.2) is 291 Å². The van der Waals surface area contributed by atoms with E-state index < -0.39 is 115 Å². The quantitative estimate of drug-likeness (QED) is 0.0298. The van der Waals surface area contributed by atoms with Crippen LogP contribution in [0.4, 0.5) is 0 Å². The molecule has 0 amide bonds. The summed E-state index contributed by atoms with van der Waals surface area (Å²) in [7, 11) is 8.13. The molecule has 0 N–H and O–H groups in total. The average Bonchev–Trinajstić information content (AvgIpc) is 0.716. The Labute approximate surface area is 820 Å². The SMILES string of the molecule is COCC1OC(C(C)C)(C(C)C)OC2C(COC(C)=O)OC(C(C)C)(C(C)C)OC12.COCC1OC(C)OC2C(COC(C)=O)OC(C)OC12.COCC1OC(c2ccccc2)(c2ccccc2)OC2C(COC(C)=O)OC(c3ccccc3)(c3ccccc3)OC12.COCC1OC(c2ccccc2)OC2C(COC(C)=O)OC(c3ccccc3)OC12.COCC1OCOC2C(COC(C)=O)OCOC12. The van der Waals surface area contributed by atoms with E-state index in [4.69, 9.17) is 142 Å². The van der Waals surface area contributed by atoms with E-state index in [1.165, 1.54) is 34.6 Å². The predicted molar refractivity (Wildman–Crippen MR) is 499 cm³/mol. The van der Waals surface area contributed by atoms with E-state index in [-0.39, 0.29) is 162 Å². The molecule has 0 radical (unpaired) electrons. The lowest BCUT2D eigenvalue weighted by Crippen LogP contribution is -2.72. The molecule has 10 aliphatic rings. The standard InChI is InChI=1S/C35H34O7.C23H26O7.C23H42O7.C13H22O7.C11H18O7/c1-25(36)38-24-31-33-32(41-35(40-31,28-19-11-5-12-20-28)29-21-13-6-14-22-29)30(23-37-2)39-34(42-33,26-15-7-3-8-16-26)27-17-9-4-10-18-27;1-15(24)26-14-19-21-20(29-23(28-19)17-11-7-4-8-12-17)18(13-25-2)27-22(30-21)16-9-5-3-6-10-16;1-13(2)22(14(3)4)27-18(11-25-10)20-21(30-22)19(12-26-17(9)24)28-23(29-20,15(5)6)16(7)8;1-7(14)16-6-11-13-12(19-9(3)18-11)10(5-15-4)17-8(2)20-13;1-7(12)14-4-9-11-10(17-6-16-9)8(3-13-2)15-5-18-11/h3-22,30-33H,23-24H2,1-2H3;3-12,18-23H,13-14H2,1-2H3;13-16,18-21H,11-12H2,1-10H3;8-13H,5-6H2,1-4H3;8-11H,3-6H2,1-2H3. The van der Waals surface area contributed by atoms with Gasteiger partial charge in [-0.3, -0.25) is 24.0 Å². The van der Waals surface area contributed by atoms with Crippen LogP contribution in [0.1, 0.15) is 150 Å². The fourth-order valence-electron chi connectivity index (χ4n) is 19.0. The van der Waals surface area contributed by atoms with E-state index >= 15 is 0 Å². The van der Waals surface area contributed by atoms with Gasteiger partial charge < -0.3 is 142 Å². The zero-order chi connectivity index (χ0) is 100. The summed E-state index contributed by atoms with van der Waals surface area (Å²) in [6.45, 7) is 29.6. The van der Waals surface area contributed by atoms with Crippen molar-refractivity contribution < 1.29 is 166 Å². The van der Waals surface area contributed by atoms with Gasteiger partial charge in [-0.15, -0.1) is 0 Å². The van der Waals surface area contributed by atoms with Crippen LogP contribution in [0, 0.1) is 23.7 Å². The van der Waals surface area contributed by atoms with Gasteiger partial charge in [-0.1, -0.05) is 237 Å². The largest absolute Gasteiger partial charge is 0.463 e. The lowest BCUT2D eigenvalue weighted by Gasteiger charge is -2.59. The van der Waals surface area contributed by atoms with Gasteiger partial charge in [0.25, 0.3) is 0 Å². The molecule has 0 aliphatic carbocycles. The molecule has 24 atom stereocenters. The third-order valence-corrected chi connectivity index (χ3v) is 25.4. The van der Waals surface area contributed by atoms with Crippen LogP contribution in [0.15, 0.2) is 182 Å². The van der Waals surface area contributed by atoms with Crippen LogP contribution >= 0.6 is 0 Å². The number of benzene rings is 6. The van der Waals surface area contributed by atoms with Crippen molar-refractivity contribution in [1.82, 2.24) is 0 Å². The third kappa shape index (κ3) is 27.4. The number of rotatable bonds is 30. The molecule has 0 spiro atoms. The maximum atomic E-state index is 12.1. The fraction of sp³-hybridized carbons (Fsp3) is 0.610. The number of hydrogen-bond donors (Lipinski definition) is 0. The molecule has 10 saturated heterocycles. The van der Waals surface area contributed by atoms with E-state index in [9.17, 15) is 24.0 Å². The van der Waals surface area contributed by atoms with E-state index in [1.807, 2.05) is 182 Å². The minimum atomic E-state index is -1.33. The van der Waals surface area contributed by atoms with E-state index in [0.29, 0.717) is 26.4 Å². The van der Waals surface area contributed by atoms with Crippen molar-refractivity contribution in [3.63, 3.8) is 0 Å². The van der Waals surface area contributed by atoms with Crippen LogP contribution in [0.5, 0.6) is 0 Å². The van der Waals surface area contributed by atoms with Gasteiger partial charge in [0, 0.05) is 127 Å². The van der Waals surface area contributed by atoms with Gasteiger partial charge in [-0.2, -0.15) is 0 Å². The highest BCUT2D eigenvalue weighted by atomic mass is 16.8. The molecule has 10 aliphatic heterocycles. The molecule has 0 aromatic heterocycles. The van der Waals surface area contributed by atoms with Crippen molar-refractivity contribution in [3.05, 3.63) is 215 Å². The first-order valence-electron chi connectivity index (χ1n) is 47.9. The molecule has 24 unspecified atom stereocenters. The third-order valence-electron chi connectivity index (χ3n) is 25.4. The molecule has 6 aromatic carbocycles. The monoisotopic (exact) mass is 1960 g/mol. The van der Waals surface area contributed by atoms with Gasteiger partial charge in [0.05, 0.1) is 33.0 Å². The number of fused-ring (bicyclic) bond motifs is 5. The number of carbonyl (C=O) groups is 5. The van der Waals surface area contributed by atoms with Gasteiger partial charge in [0.2, 0.25) is 11.6 Å². The molecule has 10 heterocycles. The fourth-order valence-corrected chi connectivity index (χ4v) is 19.0. The van der Waals surface area contributed by atoms with Gasteiger partial charge in [0.1, 0.15) is 169 Å². The summed E-state index contributed by atoms with van der Waals surface area (Å²) in [5.41, 5.74) is 4.96. The predicted octanol–water partition coefficient (Wildman–Crippen LogP) is 12.6. The Kier molecular flexibility index (Phi) is 41.4. The van der Waals surface area contributed by atoms with Crippen molar-refractivity contribution in [1.29, 1.82) is 0 Å². The van der Waals surface area contributed by atoms with Gasteiger partial charge in [-0.05, 0) is 13.8 Å². The molecule has 35 heteroatoms. The molecular formula is C105H142O35. The molecular weight excluding hydrogens is 1820 g/mol. The smallest absolute Gasteiger partial charge is 0.302 e. The van der Waals surface area contributed by atoms with E-state index in [1.54, 1.807) is 49.4 Å². The van der Waals surface area contributed by atoms with Gasteiger partial charge in [-0.25, -0.2) is 0 Å². The second-order valence-corrected chi connectivity index (χ2v) is 36.6. The lowest BCUT2D eigenvalue weighted by molar-refractivity contribution is -0.466. The Hall–Kier alpha value is -8.33. The molecule has 0 bridgehead atoms. The Morgan fingerprint density at radius 2 is 0.493 bits per heavy atom. The van der Waals surface area contributed by atoms with E-state index in [0.717, 1.165) is 33.4 Å². The number of esters is 5. The van der Waals surface area contributed by atoms with Crippen LogP contribution in [0.25, 0.3) is 0 Å². The molecule has 6 aromatic rings. The summed E-state index contributed by atoms with van der Waals surface area (Å²) in [4.78, 5) is 56.9. The second-order valence-electron chi connectivity index (χ2n) is 36.6.